The third kappa shape index (κ3) is 4.47. The lowest BCUT2D eigenvalue weighted by Crippen LogP contribution is -2.24. The fourth-order valence-corrected chi connectivity index (χ4v) is 3.05. The first-order valence-electron chi connectivity index (χ1n) is 8.50. The minimum atomic E-state index is -0.311. The van der Waals surface area contributed by atoms with Gasteiger partial charge in [0, 0.05) is 21.8 Å². The number of allylic oxidation sites excluding steroid dienone is 5. The van der Waals surface area contributed by atoms with E-state index >= 15 is 0 Å². The van der Waals surface area contributed by atoms with Crippen molar-refractivity contribution in [3.8, 4) is 12.1 Å². The molecular weight excluding hydrogens is 405 g/mol. The molecule has 3 rings (SSSR count). The van der Waals surface area contributed by atoms with Gasteiger partial charge in [-0.1, -0.05) is 47.5 Å². The highest BCUT2D eigenvalue weighted by atomic mass is 35.5. The minimum Gasteiger partial charge on any atom is -0.312 e. The summed E-state index contributed by atoms with van der Waals surface area (Å²) in [4.78, 5) is 14.9. The molecule has 0 fully saturated rings. The van der Waals surface area contributed by atoms with Crippen LogP contribution in [0.5, 0.6) is 0 Å². The number of nitriles is 2. The van der Waals surface area contributed by atoms with Crippen LogP contribution in [-0.2, 0) is 0 Å². The summed E-state index contributed by atoms with van der Waals surface area (Å²) < 4.78 is 0. The monoisotopic (exact) mass is 417 g/mol. The second kappa shape index (κ2) is 9.08. The first kappa shape index (κ1) is 20.2. The maximum atomic E-state index is 13.4. The van der Waals surface area contributed by atoms with E-state index in [1.54, 1.807) is 79.0 Å². The van der Waals surface area contributed by atoms with Gasteiger partial charge in [0.1, 0.15) is 12.1 Å². The van der Waals surface area contributed by atoms with Gasteiger partial charge in [0.2, 0.25) is 5.78 Å². The molecule has 29 heavy (non-hydrogen) atoms. The van der Waals surface area contributed by atoms with Crippen molar-refractivity contribution in [2.24, 2.45) is 0 Å². The summed E-state index contributed by atoms with van der Waals surface area (Å²) in [6.45, 7) is 0. The molecule has 0 N–H and O–H groups in total. The molecule has 0 saturated carbocycles. The van der Waals surface area contributed by atoms with Crippen molar-refractivity contribution < 1.29 is 4.79 Å². The molecule has 0 radical (unpaired) electrons. The van der Waals surface area contributed by atoms with Gasteiger partial charge < -0.3 is 4.90 Å². The second-order valence-corrected chi connectivity index (χ2v) is 6.79. The van der Waals surface area contributed by atoms with Crippen LogP contribution in [0.25, 0.3) is 6.08 Å². The van der Waals surface area contributed by atoms with Crippen LogP contribution in [0.15, 0.2) is 89.9 Å². The quantitative estimate of drug-likeness (QED) is 0.352. The Kier molecular flexibility index (Phi) is 6.32. The normalized spacial score (nSPS) is 13.0. The molecule has 0 bridgehead atoms. The van der Waals surface area contributed by atoms with Crippen LogP contribution in [0.1, 0.15) is 15.9 Å². The zero-order valence-corrected chi connectivity index (χ0v) is 16.5. The van der Waals surface area contributed by atoms with Crippen LogP contribution in [0.3, 0.4) is 0 Å². The first-order valence-corrected chi connectivity index (χ1v) is 9.26. The molecule has 1 aliphatic rings. The average molecular weight is 418 g/mol. The van der Waals surface area contributed by atoms with E-state index in [4.69, 9.17) is 23.2 Å². The van der Waals surface area contributed by atoms with E-state index < -0.39 is 0 Å². The lowest BCUT2D eigenvalue weighted by Gasteiger charge is -2.26. The van der Waals surface area contributed by atoms with Crippen LogP contribution in [0.4, 0.5) is 0 Å². The van der Waals surface area contributed by atoms with Gasteiger partial charge in [0.05, 0.1) is 11.4 Å². The molecule has 6 heteroatoms. The number of carbonyl (C=O) groups excluding carboxylic acids is 1. The highest BCUT2D eigenvalue weighted by molar-refractivity contribution is 6.32. The van der Waals surface area contributed by atoms with Crippen LogP contribution in [0, 0.1) is 22.7 Å². The van der Waals surface area contributed by atoms with Crippen molar-refractivity contribution in [3.05, 3.63) is 111 Å². The molecule has 2 aromatic carbocycles. The van der Waals surface area contributed by atoms with Crippen LogP contribution in [-0.4, -0.2) is 10.7 Å². The van der Waals surface area contributed by atoms with E-state index in [2.05, 4.69) is 0 Å². The van der Waals surface area contributed by atoms with Gasteiger partial charge in [-0.25, -0.2) is 0 Å². The Hall–Kier alpha value is -3.57. The number of hydrogen-bond donors (Lipinski definition) is 0. The largest absolute Gasteiger partial charge is 0.312 e. The van der Waals surface area contributed by atoms with Crippen molar-refractivity contribution in [1.29, 1.82) is 10.5 Å². The Morgan fingerprint density at radius 1 is 0.966 bits per heavy atom. The lowest BCUT2D eigenvalue weighted by atomic mass is 10.0. The van der Waals surface area contributed by atoms with Crippen molar-refractivity contribution in [2.45, 2.75) is 0 Å². The van der Waals surface area contributed by atoms with E-state index in [1.165, 1.54) is 4.90 Å². The van der Waals surface area contributed by atoms with Crippen molar-refractivity contribution in [2.75, 3.05) is 0 Å². The van der Waals surface area contributed by atoms with Gasteiger partial charge in [0.15, 0.2) is 5.57 Å². The number of ketones is 1. The van der Waals surface area contributed by atoms with Gasteiger partial charge in [0.25, 0.3) is 0 Å². The molecular formula is C23H13Cl2N3O. The zero-order valence-electron chi connectivity index (χ0n) is 15.0. The van der Waals surface area contributed by atoms with Gasteiger partial charge in [-0.2, -0.15) is 10.5 Å². The molecule has 0 amide bonds. The molecule has 0 aliphatic carbocycles. The topological polar surface area (TPSA) is 67.9 Å². The highest BCUT2D eigenvalue weighted by Crippen LogP contribution is 2.28. The number of nitrogens with zero attached hydrogens (tertiary/aromatic N) is 3. The summed E-state index contributed by atoms with van der Waals surface area (Å²) in [5.41, 5.74) is 1.46. The Balaban J connectivity index is 2.21. The van der Waals surface area contributed by atoms with Crippen LogP contribution >= 0.6 is 23.2 Å². The SMILES string of the molecule is N#CC(C#N)=C1C=CC=CN1/C(=C/c1ccccc1Cl)C(=O)c1ccc(Cl)cc1. The maximum absolute atomic E-state index is 13.4. The number of halogens is 2. The summed E-state index contributed by atoms with van der Waals surface area (Å²) in [6.07, 6.45) is 8.28. The van der Waals surface area contributed by atoms with Crippen molar-refractivity contribution in [1.82, 2.24) is 4.90 Å². The number of rotatable bonds is 4. The maximum Gasteiger partial charge on any atom is 0.209 e. The van der Waals surface area contributed by atoms with Gasteiger partial charge in [-0.15, -0.1) is 0 Å². The van der Waals surface area contributed by atoms with E-state index in [9.17, 15) is 15.3 Å². The molecule has 140 valence electrons. The Morgan fingerprint density at radius 2 is 1.66 bits per heavy atom. The summed E-state index contributed by atoms with van der Waals surface area (Å²) in [7, 11) is 0. The predicted molar refractivity (Wildman–Crippen MR) is 114 cm³/mol. The third-order valence-electron chi connectivity index (χ3n) is 4.14. The average Bonchev–Trinajstić information content (AvgIpc) is 2.75. The molecule has 1 aliphatic heterocycles. The molecule has 2 aromatic rings. The zero-order chi connectivity index (χ0) is 20.8. The summed E-state index contributed by atoms with van der Waals surface area (Å²) in [6, 6.07) is 17.3. The second-order valence-electron chi connectivity index (χ2n) is 5.94. The first-order chi connectivity index (χ1) is 14.0. The summed E-state index contributed by atoms with van der Waals surface area (Å²) >= 11 is 12.2. The molecule has 1 heterocycles. The molecule has 0 spiro atoms. The van der Waals surface area contributed by atoms with Crippen LogP contribution < -0.4 is 0 Å². The standard InChI is InChI=1S/C23H13Cl2N3O/c24-19-10-8-16(9-11-19)23(29)22(13-17-5-1-2-6-20(17)25)28-12-4-3-7-21(28)18(14-26)15-27/h1-13H/b22-13+. The number of carbonyl (C=O) groups is 1. The highest BCUT2D eigenvalue weighted by Gasteiger charge is 2.23. The molecule has 4 nitrogen and oxygen atoms in total. The fraction of sp³-hybridized carbons (Fsp3) is 0. The van der Waals surface area contributed by atoms with Gasteiger partial charge >= 0.3 is 0 Å². The fourth-order valence-electron chi connectivity index (χ4n) is 2.73. The molecule has 0 aromatic heterocycles. The van der Waals surface area contributed by atoms with E-state index in [-0.39, 0.29) is 17.1 Å². The van der Waals surface area contributed by atoms with E-state index in [1.807, 2.05) is 12.1 Å². The summed E-state index contributed by atoms with van der Waals surface area (Å²) in [5.74, 6) is -0.311. The Morgan fingerprint density at radius 3 is 2.31 bits per heavy atom. The van der Waals surface area contributed by atoms with E-state index in [0.29, 0.717) is 26.9 Å². The number of benzene rings is 2. The van der Waals surface area contributed by atoms with Crippen molar-refractivity contribution >= 4 is 35.1 Å². The van der Waals surface area contributed by atoms with Gasteiger partial charge in [-0.05, 0) is 54.1 Å². The van der Waals surface area contributed by atoms with Gasteiger partial charge in [-0.3, -0.25) is 4.79 Å². The van der Waals surface area contributed by atoms with Crippen LogP contribution in [0.2, 0.25) is 10.0 Å². The smallest absolute Gasteiger partial charge is 0.209 e. The summed E-state index contributed by atoms with van der Waals surface area (Å²) in [5, 5.41) is 19.7. The van der Waals surface area contributed by atoms with Crippen molar-refractivity contribution in [3.63, 3.8) is 0 Å². The molecule has 0 saturated heterocycles. The Bertz CT molecular complexity index is 1140. The predicted octanol–water partition coefficient (Wildman–Crippen LogP) is 5.90. The number of hydrogen-bond acceptors (Lipinski definition) is 4. The third-order valence-corrected chi connectivity index (χ3v) is 4.73. The lowest BCUT2D eigenvalue weighted by molar-refractivity contribution is 0.101. The Labute approximate surface area is 178 Å². The minimum absolute atomic E-state index is 0.112. The van der Waals surface area contributed by atoms with E-state index in [0.717, 1.165) is 0 Å². The molecule has 0 atom stereocenters. The number of Topliss-reactive ketones (excluding diaryl/α,β-unsaturated/α-hetero) is 1. The molecule has 0 unspecified atom stereocenters.